The van der Waals surface area contributed by atoms with Crippen LogP contribution in [0.5, 0.6) is 5.75 Å². The third kappa shape index (κ3) is 24.3. The Labute approximate surface area is 220 Å². The number of hydrogen-bond donors (Lipinski definition) is 1. The smallest absolute Gasteiger partial charge is 0.305 e. The number of hydrogen-bond acceptors (Lipinski definition) is 10. The number of ether oxygens (including phenoxy) is 9. The number of aliphatic carboxylic acids is 1. The maximum atomic E-state index is 10.3. The highest BCUT2D eigenvalue weighted by molar-refractivity contribution is 5.66. The standard InChI is InChI=1S/C26H44O11/c1-24-2-4-25(5-3-24)37-23-22-36-21-20-35-19-18-34-17-16-33-15-14-32-13-12-31-11-10-30-9-8-29-7-6-26(27)28/h2-5H,6-23H2,1H3,(H,27,28). The average Bonchev–Trinajstić information content (AvgIpc) is 2.89. The fourth-order valence-corrected chi connectivity index (χ4v) is 2.65. The van der Waals surface area contributed by atoms with Gasteiger partial charge in [-0.25, -0.2) is 0 Å². The number of carboxylic acids is 1. The Hall–Kier alpha value is -1.83. The summed E-state index contributed by atoms with van der Waals surface area (Å²) in [5.41, 5.74) is 1.21. The highest BCUT2D eigenvalue weighted by Crippen LogP contribution is 2.10. The molecule has 0 aliphatic heterocycles. The highest BCUT2D eigenvalue weighted by atomic mass is 16.6. The van der Waals surface area contributed by atoms with Gasteiger partial charge in [0.1, 0.15) is 12.4 Å². The summed E-state index contributed by atoms with van der Waals surface area (Å²) in [7, 11) is 0. The molecule has 0 aliphatic carbocycles. The Morgan fingerprint density at radius 3 is 1.14 bits per heavy atom. The normalized spacial score (nSPS) is 11.2. The second kappa shape index (κ2) is 25.8. The zero-order valence-corrected chi connectivity index (χ0v) is 22.1. The predicted octanol–water partition coefficient (Wildman–Crippen LogP) is 1.98. The molecule has 0 spiro atoms. The molecule has 214 valence electrons. The van der Waals surface area contributed by atoms with Crippen LogP contribution in [0.25, 0.3) is 0 Å². The quantitative estimate of drug-likeness (QED) is 0.160. The van der Waals surface area contributed by atoms with Gasteiger partial charge < -0.3 is 47.7 Å². The average molecular weight is 533 g/mol. The van der Waals surface area contributed by atoms with E-state index in [9.17, 15) is 4.79 Å². The van der Waals surface area contributed by atoms with Crippen molar-refractivity contribution in [2.24, 2.45) is 0 Å². The van der Waals surface area contributed by atoms with Crippen LogP contribution in [-0.2, 0) is 42.7 Å². The van der Waals surface area contributed by atoms with Gasteiger partial charge in [0.25, 0.3) is 0 Å². The highest BCUT2D eigenvalue weighted by Gasteiger charge is 1.98. The van der Waals surface area contributed by atoms with Gasteiger partial charge in [-0.05, 0) is 19.1 Å². The van der Waals surface area contributed by atoms with Crippen LogP contribution in [0, 0.1) is 6.92 Å². The maximum absolute atomic E-state index is 10.3. The molecule has 1 rings (SSSR count). The Morgan fingerprint density at radius 2 is 0.811 bits per heavy atom. The van der Waals surface area contributed by atoms with Gasteiger partial charge in [-0.15, -0.1) is 0 Å². The fourth-order valence-electron chi connectivity index (χ4n) is 2.65. The number of carbonyl (C=O) groups is 1. The topological polar surface area (TPSA) is 120 Å². The lowest BCUT2D eigenvalue weighted by Crippen LogP contribution is -2.15. The molecule has 0 radical (unpaired) electrons. The van der Waals surface area contributed by atoms with Crippen LogP contribution < -0.4 is 4.74 Å². The molecule has 0 heterocycles. The monoisotopic (exact) mass is 532 g/mol. The van der Waals surface area contributed by atoms with Crippen molar-refractivity contribution in [3.8, 4) is 5.75 Å². The van der Waals surface area contributed by atoms with Crippen LogP contribution in [0.4, 0.5) is 0 Å². The van der Waals surface area contributed by atoms with E-state index in [1.807, 2.05) is 31.2 Å². The van der Waals surface area contributed by atoms with E-state index in [-0.39, 0.29) is 13.0 Å². The molecule has 0 aliphatic rings. The van der Waals surface area contributed by atoms with Crippen molar-refractivity contribution in [2.75, 3.05) is 112 Å². The Balaban J connectivity index is 1.65. The Kier molecular flexibility index (Phi) is 23.2. The van der Waals surface area contributed by atoms with E-state index in [1.54, 1.807) is 0 Å². The first-order valence-electron chi connectivity index (χ1n) is 12.7. The summed E-state index contributed by atoms with van der Waals surface area (Å²) in [5.74, 6) is -0.0241. The zero-order valence-electron chi connectivity index (χ0n) is 22.1. The van der Waals surface area contributed by atoms with Crippen LogP contribution >= 0.6 is 0 Å². The number of aryl methyl sites for hydroxylation is 1. The van der Waals surface area contributed by atoms with E-state index >= 15 is 0 Å². The zero-order chi connectivity index (χ0) is 26.7. The molecule has 11 nitrogen and oxygen atoms in total. The molecule has 1 N–H and O–H groups in total. The molecule has 11 heteroatoms. The maximum Gasteiger partial charge on any atom is 0.305 e. The first kappa shape index (κ1) is 33.2. The number of benzene rings is 1. The van der Waals surface area contributed by atoms with E-state index in [0.717, 1.165) is 5.75 Å². The van der Waals surface area contributed by atoms with E-state index in [1.165, 1.54) is 5.56 Å². The van der Waals surface area contributed by atoms with Crippen molar-refractivity contribution >= 4 is 5.97 Å². The van der Waals surface area contributed by atoms with Gasteiger partial charge in [-0.1, -0.05) is 17.7 Å². The molecule has 0 amide bonds. The van der Waals surface area contributed by atoms with E-state index in [2.05, 4.69) is 0 Å². The number of carboxylic acid groups (broad SMARTS) is 1. The molecule has 0 fully saturated rings. The molecule has 1 aromatic rings. The summed E-state index contributed by atoms with van der Waals surface area (Å²) in [6.45, 7) is 9.99. The summed E-state index contributed by atoms with van der Waals surface area (Å²) in [4.78, 5) is 10.3. The van der Waals surface area contributed by atoms with Crippen molar-refractivity contribution in [1.29, 1.82) is 0 Å². The van der Waals surface area contributed by atoms with Gasteiger partial charge in [0.15, 0.2) is 0 Å². The lowest BCUT2D eigenvalue weighted by atomic mass is 10.2. The third-order valence-electron chi connectivity index (χ3n) is 4.58. The third-order valence-corrected chi connectivity index (χ3v) is 4.58. The summed E-state index contributed by atoms with van der Waals surface area (Å²) in [6, 6.07) is 7.93. The van der Waals surface area contributed by atoms with Crippen LogP contribution in [0.1, 0.15) is 12.0 Å². The van der Waals surface area contributed by atoms with Gasteiger partial charge in [-0.3, -0.25) is 4.79 Å². The van der Waals surface area contributed by atoms with Gasteiger partial charge in [0.05, 0.1) is 112 Å². The fraction of sp³-hybridized carbons (Fsp3) is 0.731. The molecule has 0 unspecified atom stereocenters. The summed E-state index contributed by atoms with van der Waals surface area (Å²) in [5, 5.41) is 8.47. The molecular formula is C26H44O11. The Bertz CT molecular complexity index is 627. The molecular weight excluding hydrogens is 488 g/mol. The largest absolute Gasteiger partial charge is 0.491 e. The molecule has 37 heavy (non-hydrogen) atoms. The van der Waals surface area contributed by atoms with Crippen molar-refractivity contribution in [2.45, 2.75) is 13.3 Å². The first-order valence-corrected chi connectivity index (χ1v) is 12.7. The van der Waals surface area contributed by atoms with Crippen LogP contribution in [0.2, 0.25) is 0 Å². The second-order valence-electron chi connectivity index (χ2n) is 7.70. The predicted molar refractivity (Wildman–Crippen MR) is 135 cm³/mol. The van der Waals surface area contributed by atoms with Crippen LogP contribution in [0.3, 0.4) is 0 Å². The number of rotatable bonds is 28. The van der Waals surface area contributed by atoms with Crippen LogP contribution in [0.15, 0.2) is 24.3 Å². The van der Waals surface area contributed by atoms with Gasteiger partial charge in [0.2, 0.25) is 0 Å². The van der Waals surface area contributed by atoms with Crippen molar-refractivity contribution in [1.82, 2.24) is 0 Å². The van der Waals surface area contributed by atoms with Crippen molar-refractivity contribution < 1.29 is 52.5 Å². The lowest BCUT2D eigenvalue weighted by molar-refractivity contribution is -0.138. The molecule has 0 bridgehead atoms. The molecule has 0 saturated heterocycles. The minimum atomic E-state index is -0.871. The summed E-state index contributed by atoms with van der Waals surface area (Å²) in [6.07, 6.45) is 0.00188. The van der Waals surface area contributed by atoms with E-state index in [4.69, 9.17) is 47.7 Å². The minimum Gasteiger partial charge on any atom is -0.491 e. The van der Waals surface area contributed by atoms with Crippen molar-refractivity contribution in [3.63, 3.8) is 0 Å². The molecule has 0 saturated carbocycles. The summed E-state index contributed by atoms with van der Waals surface area (Å²) < 4.78 is 48.6. The second-order valence-corrected chi connectivity index (χ2v) is 7.70. The van der Waals surface area contributed by atoms with E-state index in [0.29, 0.717) is 106 Å². The van der Waals surface area contributed by atoms with Gasteiger partial charge >= 0.3 is 5.97 Å². The van der Waals surface area contributed by atoms with Gasteiger partial charge in [-0.2, -0.15) is 0 Å². The lowest BCUT2D eigenvalue weighted by Gasteiger charge is -2.09. The van der Waals surface area contributed by atoms with Crippen LogP contribution in [-0.4, -0.2) is 123 Å². The molecule has 0 aromatic heterocycles. The Morgan fingerprint density at radius 1 is 0.514 bits per heavy atom. The van der Waals surface area contributed by atoms with Gasteiger partial charge in [0, 0.05) is 0 Å². The van der Waals surface area contributed by atoms with Crippen molar-refractivity contribution in [3.05, 3.63) is 29.8 Å². The minimum absolute atomic E-state index is 0.00188. The molecule has 0 atom stereocenters. The van der Waals surface area contributed by atoms with E-state index < -0.39 is 5.97 Å². The first-order chi connectivity index (χ1) is 18.2. The molecule has 1 aromatic carbocycles. The summed E-state index contributed by atoms with van der Waals surface area (Å²) >= 11 is 0. The SMILES string of the molecule is Cc1ccc(OCCOCCOCCOCCOCCOCCOCCOCCOCCC(=O)O)cc1.